The number of aromatic nitrogens is 3. The number of benzene rings is 2. The van der Waals surface area contributed by atoms with E-state index in [-0.39, 0.29) is 5.91 Å². The molecular weight excluding hydrogens is 404 g/mol. The van der Waals surface area contributed by atoms with Crippen LogP contribution in [0.4, 0.5) is 5.13 Å². The Bertz CT molecular complexity index is 1240. The second-order valence-electron chi connectivity index (χ2n) is 8.32. The monoisotopic (exact) mass is 432 g/mol. The minimum Gasteiger partial charge on any atom is -0.282 e. The van der Waals surface area contributed by atoms with E-state index in [2.05, 4.69) is 43.2 Å². The first-order valence-corrected chi connectivity index (χ1v) is 11.4. The molecular formula is C25H28N4OS. The van der Waals surface area contributed by atoms with Crippen molar-refractivity contribution in [1.29, 1.82) is 0 Å². The second kappa shape index (κ2) is 8.63. The molecule has 0 fully saturated rings. The van der Waals surface area contributed by atoms with Gasteiger partial charge in [0.1, 0.15) is 0 Å². The lowest BCUT2D eigenvalue weighted by Gasteiger charge is -2.20. The Morgan fingerprint density at radius 3 is 2.55 bits per heavy atom. The summed E-state index contributed by atoms with van der Waals surface area (Å²) in [4.78, 5) is 20.3. The van der Waals surface area contributed by atoms with Crippen LogP contribution in [0, 0.1) is 20.8 Å². The highest BCUT2D eigenvalue weighted by molar-refractivity contribution is 7.22. The predicted molar refractivity (Wildman–Crippen MR) is 128 cm³/mol. The van der Waals surface area contributed by atoms with E-state index in [0.29, 0.717) is 24.6 Å². The summed E-state index contributed by atoms with van der Waals surface area (Å²) >= 11 is 1.57. The molecule has 0 aliphatic carbocycles. The molecule has 0 saturated heterocycles. The van der Waals surface area contributed by atoms with Gasteiger partial charge in [-0.15, -0.1) is 0 Å². The second-order valence-corrected chi connectivity index (χ2v) is 9.33. The van der Waals surface area contributed by atoms with E-state index in [0.717, 1.165) is 32.3 Å². The third-order valence-electron chi connectivity index (χ3n) is 5.44. The van der Waals surface area contributed by atoms with Crippen molar-refractivity contribution < 1.29 is 4.79 Å². The number of hydrogen-bond donors (Lipinski definition) is 0. The molecule has 5 nitrogen and oxygen atoms in total. The summed E-state index contributed by atoms with van der Waals surface area (Å²) in [5.41, 5.74) is 6.02. The fourth-order valence-electron chi connectivity index (χ4n) is 3.85. The number of aryl methyl sites for hydroxylation is 3. The molecule has 2 heterocycles. The molecule has 2 aromatic heterocycles. The molecule has 0 unspecified atom stereocenters. The number of carbonyl (C=O) groups excluding carboxylic acids is 1. The zero-order chi connectivity index (χ0) is 22.1. The van der Waals surface area contributed by atoms with Crippen LogP contribution in [0.5, 0.6) is 0 Å². The molecule has 0 aliphatic rings. The average molecular weight is 433 g/mol. The molecule has 160 valence electrons. The molecule has 0 spiro atoms. The van der Waals surface area contributed by atoms with Crippen LogP contribution in [0.2, 0.25) is 0 Å². The third-order valence-corrected chi connectivity index (χ3v) is 6.48. The van der Waals surface area contributed by atoms with Gasteiger partial charge >= 0.3 is 0 Å². The van der Waals surface area contributed by atoms with Gasteiger partial charge in [0.05, 0.1) is 22.5 Å². The van der Waals surface area contributed by atoms with Gasteiger partial charge in [0.2, 0.25) is 0 Å². The van der Waals surface area contributed by atoms with Crippen molar-refractivity contribution >= 4 is 32.6 Å². The number of hydrogen-bond acceptors (Lipinski definition) is 4. The normalized spacial score (nSPS) is 11.4. The third kappa shape index (κ3) is 4.39. The summed E-state index contributed by atoms with van der Waals surface area (Å²) in [5.74, 6) is 0.338. The van der Waals surface area contributed by atoms with Crippen LogP contribution in [0.1, 0.15) is 52.6 Å². The van der Waals surface area contributed by atoms with Crippen molar-refractivity contribution in [2.75, 3.05) is 11.4 Å². The maximum atomic E-state index is 13.6. The predicted octanol–water partition coefficient (Wildman–Crippen LogP) is 5.89. The molecule has 0 aliphatic heterocycles. The van der Waals surface area contributed by atoms with Crippen molar-refractivity contribution in [1.82, 2.24) is 14.8 Å². The Labute approximate surface area is 187 Å². The molecule has 0 bridgehead atoms. The summed E-state index contributed by atoms with van der Waals surface area (Å²) in [6.07, 6.45) is 0. The van der Waals surface area contributed by atoms with E-state index < -0.39 is 0 Å². The van der Waals surface area contributed by atoms with Crippen molar-refractivity contribution in [3.63, 3.8) is 0 Å². The number of thiazole rings is 1. The summed E-state index contributed by atoms with van der Waals surface area (Å²) in [5, 5.41) is 5.30. The number of rotatable bonds is 6. The van der Waals surface area contributed by atoms with Gasteiger partial charge in [-0.25, -0.2) is 4.98 Å². The molecule has 6 heteroatoms. The van der Waals surface area contributed by atoms with Crippen molar-refractivity contribution in [3.05, 3.63) is 76.6 Å². The Kier molecular flexibility index (Phi) is 5.92. The minimum atomic E-state index is -0.0321. The van der Waals surface area contributed by atoms with Crippen molar-refractivity contribution in [2.24, 2.45) is 0 Å². The molecule has 0 atom stereocenters. The van der Waals surface area contributed by atoms with Gasteiger partial charge in [-0.1, -0.05) is 55.0 Å². The van der Waals surface area contributed by atoms with Gasteiger partial charge in [-0.05, 0) is 56.5 Å². The fraction of sp³-hybridized carbons (Fsp3) is 0.320. The lowest BCUT2D eigenvalue weighted by atomic mass is 10.0. The molecule has 2 aromatic carbocycles. The van der Waals surface area contributed by atoms with E-state index in [4.69, 9.17) is 4.98 Å². The Morgan fingerprint density at radius 1 is 1.10 bits per heavy atom. The number of carbonyl (C=O) groups is 1. The summed E-state index contributed by atoms with van der Waals surface area (Å²) in [6, 6.07) is 16.1. The zero-order valence-corrected chi connectivity index (χ0v) is 19.5. The molecule has 0 N–H and O–H groups in total. The maximum absolute atomic E-state index is 13.6. The van der Waals surface area contributed by atoms with Gasteiger partial charge in [-0.3, -0.25) is 14.4 Å². The summed E-state index contributed by atoms with van der Waals surface area (Å²) in [6.45, 7) is 11.5. The highest BCUT2D eigenvalue weighted by atomic mass is 32.1. The molecule has 0 radical (unpaired) electrons. The largest absolute Gasteiger partial charge is 0.282 e. The van der Waals surface area contributed by atoms with E-state index in [1.165, 1.54) is 5.56 Å². The van der Waals surface area contributed by atoms with Crippen LogP contribution in [0.3, 0.4) is 0 Å². The van der Waals surface area contributed by atoms with Crippen molar-refractivity contribution in [3.8, 4) is 0 Å². The summed E-state index contributed by atoms with van der Waals surface area (Å²) in [7, 11) is 0. The molecule has 4 rings (SSSR count). The van der Waals surface area contributed by atoms with E-state index in [1.807, 2.05) is 49.7 Å². The number of para-hydroxylation sites is 1. The number of anilines is 1. The number of fused-ring (bicyclic) bond motifs is 1. The SMILES string of the molecule is Cc1cccc(C(=O)N(CCn2nc(C)cc2C)c2nc3c(C(C)C)cccc3s2)c1. The van der Waals surface area contributed by atoms with Crippen LogP contribution in [0.25, 0.3) is 10.2 Å². The molecule has 4 aromatic rings. The van der Waals surface area contributed by atoms with Crippen LogP contribution in [0.15, 0.2) is 48.5 Å². The first-order valence-electron chi connectivity index (χ1n) is 10.6. The van der Waals surface area contributed by atoms with Crippen LogP contribution in [-0.4, -0.2) is 27.2 Å². The quantitative estimate of drug-likeness (QED) is 0.382. The topological polar surface area (TPSA) is 51.0 Å². The number of amides is 1. The minimum absolute atomic E-state index is 0.0321. The average Bonchev–Trinajstić information content (AvgIpc) is 3.30. The first-order chi connectivity index (χ1) is 14.8. The lowest BCUT2D eigenvalue weighted by molar-refractivity contribution is 0.0985. The highest BCUT2D eigenvalue weighted by Gasteiger charge is 2.23. The van der Waals surface area contributed by atoms with Crippen LogP contribution >= 0.6 is 11.3 Å². The first kappa shape index (κ1) is 21.2. The van der Waals surface area contributed by atoms with E-state index in [9.17, 15) is 4.79 Å². The lowest BCUT2D eigenvalue weighted by Crippen LogP contribution is -2.34. The Balaban J connectivity index is 1.74. The standard InChI is InChI=1S/C25H28N4OS/c1-16(2)21-10-7-11-22-23(21)26-25(31-22)28(12-13-29-19(5)15-18(4)27-29)24(30)20-9-6-8-17(3)14-20/h6-11,14-16H,12-13H2,1-5H3. The maximum Gasteiger partial charge on any atom is 0.260 e. The Morgan fingerprint density at radius 2 is 1.87 bits per heavy atom. The van der Waals surface area contributed by atoms with Crippen molar-refractivity contribution in [2.45, 2.75) is 47.1 Å². The van der Waals surface area contributed by atoms with Gasteiger partial charge in [0.15, 0.2) is 5.13 Å². The van der Waals surface area contributed by atoms with E-state index >= 15 is 0 Å². The smallest absolute Gasteiger partial charge is 0.260 e. The van der Waals surface area contributed by atoms with Gasteiger partial charge in [0.25, 0.3) is 5.91 Å². The highest BCUT2D eigenvalue weighted by Crippen LogP contribution is 2.34. The Hall–Kier alpha value is -2.99. The molecule has 0 saturated carbocycles. The van der Waals surface area contributed by atoms with Gasteiger partial charge in [-0.2, -0.15) is 5.10 Å². The van der Waals surface area contributed by atoms with Gasteiger partial charge in [0, 0.05) is 17.8 Å². The number of nitrogens with zero attached hydrogens (tertiary/aromatic N) is 4. The van der Waals surface area contributed by atoms with Gasteiger partial charge < -0.3 is 0 Å². The zero-order valence-electron chi connectivity index (χ0n) is 18.7. The van der Waals surface area contributed by atoms with E-state index in [1.54, 1.807) is 16.2 Å². The van der Waals surface area contributed by atoms with Crippen LogP contribution < -0.4 is 4.90 Å². The summed E-state index contributed by atoms with van der Waals surface area (Å²) < 4.78 is 3.06. The fourth-order valence-corrected chi connectivity index (χ4v) is 4.88. The van der Waals surface area contributed by atoms with Crippen LogP contribution in [-0.2, 0) is 6.54 Å². The molecule has 31 heavy (non-hydrogen) atoms. The molecule has 1 amide bonds.